The van der Waals surface area contributed by atoms with Gasteiger partial charge in [-0.3, -0.25) is 19.5 Å². The van der Waals surface area contributed by atoms with Crippen molar-refractivity contribution in [3.05, 3.63) is 70.9 Å². The van der Waals surface area contributed by atoms with Crippen LogP contribution >= 0.6 is 0 Å². The van der Waals surface area contributed by atoms with Gasteiger partial charge >= 0.3 is 0 Å². The lowest BCUT2D eigenvalue weighted by atomic mass is 9.93. The van der Waals surface area contributed by atoms with E-state index in [0.29, 0.717) is 11.1 Å². The summed E-state index contributed by atoms with van der Waals surface area (Å²) in [5, 5.41) is 4.43. The molecule has 0 spiro atoms. The fraction of sp³-hybridized carbons (Fsp3) is 0.227. The molecular formula is C22H19N3O2. The highest BCUT2D eigenvalue weighted by Crippen LogP contribution is 2.33. The number of anilines is 1. The topological polar surface area (TPSA) is 62.3 Å². The van der Waals surface area contributed by atoms with E-state index < -0.39 is 0 Å². The second-order valence-electron chi connectivity index (χ2n) is 7.06. The molecule has 0 radical (unpaired) electrons. The number of hydrogen-bond donors (Lipinski definition) is 1. The van der Waals surface area contributed by atoms with Crippen molar-refractivity contribution in [2.24, 2.45) is 0 Å². The number of pyridine rings is 1. The third kappa shape index (κ3) is 2.50. The molecule has 1 aliphatic heterocycles. The second kappa shape index (κ2) is 6.20. The number of carbonyl (C=O) groups is 2. The van der Waals surface area contributed by atoms with Crippen LogP contribution in [0.4, 0.5) is 5.69 Å². The summed E-state index contributed by atoms with van der Waals surface area (Å²) in [7, 11) is 0. The van der Waals surface area contributed by atoms with Crippen molar-refractivity contribution in [3.8, 4) is 0 Å². The zero-order valence-electron chi connectivity index (χ0n) is 14.9. The summed E-state index contributed by atoms with van der Waals surface area (Å²) in [5.41, 5.74) is 5.26. The van der Waals surface area contributed by atoms with Gasteiger partial charge in [0, 0.05) is 16.8 Å². The summed E-state index contributed by atoms with van der Waals surface area (Å²) >= 11 is 0. The molecule has 1 N–H and O–H groups in total. The van der Waals surface area contributed by atoms with E-state index in [1.165, 1.54) is 10.5 Å². The number of aryl methyl sites for hydroxylation is 1. The summed E-state index contributed by atoms with van der Waals surface area (Å²) in [6.07, 6.45) is 4.23. The van der Waals surface area contributed by atoms with Gasteiger partial charge in [0.05, 0.1) is 23.3 Å². The molecule has 0 atom stereocenters. The number of hydrogen-bond acceptors (Lipinski definition) is 4. The lowest BCUT2D eigenvalue weighted by molar-refractivity contribution is 0.0666. The van der Waals surface area contributed by atoms with Gasteiger partial charge in [0.1, 0.15) is 0 Å². The zero-order chi connectivity index (χ0) is 18.4. The minimum atomic E-state index is -0.240. The number of benzene rings is 2. The highest BCUT2D eigenvalue weighted by Gasteiger charge is 2.35. The fourth-order valence-corrected chi connectivity index (χ4v) is 4.12. The zero-order valence-corrected chi connectivity index (χ0v) is 14.9. The van der Waals surface area contributed by atoms with Crippen molar-refractivity contribution in [1.82, 2.24) is 9.88 Å². The number of para-hydroxylation sites is 1. The molecule has 134 valence electrons. The van der Waals surface area contributed by atoms with Crippen LogP contribution < -0.4 is 5.32 Å². The van der Waals surface area contributed by atoms with E-state index in [-0.39, 0.29) is 18.5 Å². The minimum absolute atomic E-state index is 0.160. The van der Waals surface area contributed by atoms with E-state index in [4.69, 9.17) is 4.98 Å². The monoisotopic (exact) mass is 357 g/mol. The Morgan fingerprint density at radius 3 is 2.33 bits per heavy atom. The van der Waals surface area contributed by atoms with Crippen LogP contribution in [0.5, 0.6) is 0 Å². The van der Waals surface area contributed by atoms with Crippen LogP contribution in [0.15, 0.2) is 48.5 Å². The Bertz CT molecular complexity index is 1060. The highest BCUT2D eigenvalue weighted by molar-refractivity contribution is 6.21. The molecule has 5 nitrogen and oxygen atoms in total. The van der Waals surface area contributed by atoms with Gasteiger partial charge in [0.2, 0.25) is 0 Å². The van der Waals surface area contributed by atoms with Crippen LogP contribution in [0.2, 0.25) is 0 Å². The Hall–Kier alpha value is -3.21. The van der Waals surface area contributed by atoms with E-state index in [2.05, 4.69) is 5.32 Å². The third-order valence-electron chi connectivity index (χ3n) is 5.46. The van der Waals surface area contributed by atoms with E-state index >= 15 is 0 Å². The van der Waals surface area contributed by atoms with Crippen LogP contribution in [0.1, 0.15) is 44.8 Å². The van der Waals surface area contributed by atoms with Crippen LogP contribution in [0.25, 0.3) is 10.9 Å². The Kier molecular flexibility index (Phi) is 3.67. The van der Waals surface area contributed by atoms with E-state index in [1.807, 2.05) is 24.3 Å². The van der Waals surface area contributed by atoms with E-state index in [0.717, 1.165) is 48.0 Å². The molecule has 0 bridgehead atoms. The normalized spacial score (nSPS) is 15.8. The number of rotatable bonds is 3. The first-order chi connectivity index (χ1) is 13.2. The molecule has 1 aromatic heterocycles. The summed E-state index contributed by atoms with van der Waals surface area (Å²) in [6, 6.07) is 15.0. The molecular weight excluding hydrogens is 338 g/mol. The number of carbonyl (C=O) groups excluding carboxylic acids is 2. The first-order valence-corrected chi connectivity index (χ1v) is 9.33. The lowest BCUT2D eigenvalue weighted by Gasteiger charge is -2.23. The van der Waals surface area contributed by atoms with Crippen LogP contribution in [-0.2, 0) is 12.8 Å². The molecule has 2 heterocycles. The number of nitrogens with zero attached hydrogens (tertiary/aromatic N) is 2. The average Bonchev–Trinajstić information content (AvgIpc) is 2.96. The quantitative estimate of drug-likeness (QED) is 0.725. The number of nitrogens with one attached hydrogen (secondary N) is 1. The summed E-state index contributed by atoms with van der Waals surface area (Å²) in [6.45, 7) is 0.160. The molecule has 0 saturated carbocycles. The van der Waals surface area contributed by atoms with Crippen molar-refractivity contribution >= 4 is 28.4 Å². The minimum Gasteiger partial charge on any atom is -0.366 e. The SMILES string of the molecule is O=C1c2ccccc2C(=O)N1CNc1c2c(nc3ccccc13)CCCC2. The molecule has 0 fully saturated rings. The fourth-order valence-electron chi connectivity index (χ4n) is 4.12. The predicted octanol–water partition coefficient (Wildman–Crippen LogP) is 3.78. The first kappa shape index (κ1) is 16.0. The van der Waals surface area contributed by atoms with Gasteiger partial charge in [-0.25, -0.2) is 0 Å². The number of fused-ring (bicyclic) bond motifs is 3. The molecule has 27 heavy (non-hydrogen) atoms. The summed E-state index contributed by atoms with van der Waals surface area (Å²) in [5.74, 6) is -0.481. The molecule has 2 aromatic carbocycles. The van der Waals surface area contributed by atoms with Gasteiger partial charge < -0.3 is 5.32 Å². The van der Waals surface area contributed by atoms with Gasteiger partial charge in [-0.15, -0.1) is 0 Å². The van der Waals surface area contributed by atoms with Crippen LogP contribution in [0.3, 0.4) is 0 Å². The van der Waals surface area contributed by atoms with Crippen LogP contribution in [-0.4, -0.2) is 28.4 Å². The third-order valence-corrected chi connectivity index (χ3v) is 5.46. The molecule has 5 heteroatoms. The molecule has 2 amide bonds. The van der Waals surface area contributed by atoms with E-state index in [1.54, 1.807) is 24.3 Å². The Labute approximate surface area is 157 Å². The van der Waals surface area contributed by atoms with Gasteiger partial charge in [-0.05, 0) is 49.4 Å². The smallest absolute Gasteiger partial charge is 0.263 e. The molecule has 2 aliphatic rings. The Morgan fingerprint density at radius 2 is 1.56 bits per heavy atom. The highest BCUT2D eigenvalue weighted by atomic mass is 16.2. The van der Waals surface area contributed by atoms with Crippen molar-refractivity contribution in [2.45, 2.75) is 25.7 Å². The average molecular weight is 357 g/mol. The second-order valence-corrected chi connectivity index (χ2v) is 7.06. The molecule has 3 aromatic rings. The molecule has 0 unspecified atom stereocenters. The van der Waals surface area contributed by atoms with Crippen molar-refractivity contribution < 1.29 is 9.59 Å². The van der Waals surface area contributed by atoms with Crippen molar-refractivity contribution in [2.75, 3.05) is 12.0 Å². The standard InChI is InChI=1S/C22H19N3O2/c26-21-14-7-1-2-8-15(14)22(27)25(21)13-23-20-16-9-3-5-11-18(16)24-19-12-6-4-10-17(19)20/h1-3,5,7-9,11H,4,6,10,12-13H2,(H,23,24). The Balaban J connectivity index is 1.51. The number of imide groups is 1. The van der Waals surface area contributed by atoms with Gasteiger partial charge in [0.15, 0.2) is 0 Å². The number of amides is 2. The van der Waals surface area contributed by atoms with Crippen LogP contribution in [0, 0.1) is 0 Å². The van der Waals surface area contributed by atoms with Crippen molar-refractivity contribution in [3.63, 3.8) is 0 Å². The van der Waals surface area contributed by atoms with E-state index in [9.17, 15) is 9.59 Å². The maximum Gasteiger partial charge on any atom is 0.263 e. The predicted molar refractivity (Wildman–Crippen MR) is 104 cm³/mol. The summed E-state index contributed by atoms with van der Waals surface area (Å²) < 4.78 is 0. The maximum absolute atomic E-state index is 12.6. The van der Waals surface area contributed by atoms with Gasteiger partial charge in [0.25, 0.3) is 11.8 Å². The van der Waals surface area contributed by atoms with Crippen molar-refractivity contribution in [1.29, 1.82) is 0 Å². The first-order valence-electron chi connectivity index (χ1n) is 9.33. The lowest BCUT2D eigenvalue weighted by Crippen LogP contribution is -2.35. The summed E-state index contributed by atoms with van der Waals surface area (Å²) in [4.78, 5) is 31.4. The molecule has 5 rings (SSSR count). The number of aromatic nitrogens is 1. The molecule has 1 aliphatic carbocycles. The largest absolute Gasteiger partial charge is 0.366 e. The Morgan fingerprint density at radius 1 is 0.889 bits per heavy atom. The van der Waals surface area contributed by atoms with Gasteiger partial charge in [-0.1, -0.05) is 30.3 Å². The molecule has 0 saturated heterocycles. The maximum atomic E-state index is 12.6. The van der Waals surface area contributed by atoms with Gasteiger partial charge in [-0.2, -0.15) is 0 Å².